The lowest BCUT2D eigenvalue weighted by atomic mass is 10.2. The van der Waals surface area contributed by atoms with E-state index in [0.29, 0.717) is 28.1 Å². The van der Waals surface area contributed by atoms with Crippen LogP contribution in [0.3, 0.4) is 0 Å². The van der Waals surface area contributed by atoms with Crippen LogP contribution in [-0.2, 0) is 4.74 Å². The molecule has 0 unspecified atom stereocenters. The fourth-order valence-corrected chi connectivity index (χ4v) is 3.17. The zero-order valence-electron chi connectivity index (χ0n) is 16.9. The molecule has 0 aromatic heterocycles. The van der Waals surface area contributed by atoms with E-state index in [1.807, 2.05) is 37.3 Å². The number of hydrogen-bond acceptors (Lipinski definition) is 6. The van der Waals surface area contributed by atoms with Gasteiger partial charge in [-0.05, 0) is 65.3 Å². The summed E-state index contributed by atoms with van der Waals surface area (Å²) in [5.74, 6) is 0.228. The van der Waals surface area contributed by atoms with Crippen LogP contribution in [0.2, 0.25) is 0 Å². The molecule has 0 spiro atoms. The molecule has 6 nitrogen and oxygen atoms in total. The van der Waals surface area contributed by atoms with Gasteiger partial charge < -0.3 is 18.9 Å². The molecule has 160 valence electrons. The van der Waals surface area contributed by atoms with Gasteiger partial charge in [-0.3, -0.25) is 0 Å². The smallest absolute Gasteiger partial charge is 0.343 e. The van der Waals surface area contributed by atoms with Crippen LogP contribution in [0.25, 0.3) is 0 Å². The minimum absolute atomic E-state index is 0.0574. The molecule has 3 aromatic carbocycles. The molecule has 0 fully saturated rings. The first-order chi connectivity index (χ1) is 15.1. The lowest BCUT2D eigenvalue weighted by Gasteiger charge is -2.11. The molecule has 0 bridgehead atoms. The number of hydrogen-bond donors (Lipinski definition) is 0. The molecule has 3 aromatic rings. The Labute approximate surface area is 188 Å². The Balaban J connectivity index is 1.61. The van der Waals surface area contributed by atoms with Crippen LogP contribution in [0, 0.1) is 0 Å². The third kappa shape index (κ3) is 6.33. The van der Waals surface area contributed by atoms with Crippen molar-refractivity contribution in [1.82, 2.24) is 0 Å². The normalized spacial score (nSPS) is 10.3. The Kier molecular flexibility index (Phi) is 8.06. The third-order valence-corrected chi connectivity index (χ3v) is 4.73. The molecule has 7 heteroatoms. The molecule has 0 saturated carbocycles. The van der Waals surface area contributed by atoms with Crippen molar-refractivity contribution in [3.05, 3.63) is 88.4 Å². The summed E-state index contributed by atoms with van der Waals surface area (Å²) in [7, 11) is 0. The lowest BCUT2D eigenvalue weighted by molar-refractivity contribution is 0.0445. The SMILES string of the molecule is CCOc1ccc(C(=O)Oc2ccccc2C(=O)OCCOc2ccccc2)cc1Br. The average molecular weight is 485 g/mol. The van der Waals surface area contributed by atoms with Crippen LogP contribution in [0.15, 0.2) is 77.3 Å². The topological polar surface area (TPSA) is 71.1 Å². The van der Waals surface area contributed by atoms with Gasteiger partial charge in [-0.1, -0.05) is 30.3 Å². The molecule has 0 radical (unpaired) electrons. The van der Waals surface area contributed by atoms with E-state index < -0.39 is 11.9 Å². The molecule has 0 N–H and O–H groups in total. The molecule has 0 saturated heterocycles. The highest BCUT2D eigenvalue weighted by molar-refractivity contribution is 9.10. The van der Waals surface area contributed by atoms with Crippen molar-refractivity contribution in [1.29, 1.82) is 0 Å². The molecular formula is C24H21BrO6. The predicted octanol–water partition coefficient (Wildman–Crippen LogP) is 5.30. The maximum atomic E-state index is 12.6. The van der Waals surface area contributed by atoms with Crippen molar-refractivity contribution in [3.8, 4) is 17.2 Å². The van der Waals surface area contributed by atoms with Gasteiger partial charge in [-0.15, -0.1) is 0 Å². The number of halogens is 1. The maximum Gasteiger partial charge on any atom is 0.343 e. The van der Waals surface area contributed by atoms with Gasteiger partial charge in [0.05, 0.1) is 16.6 Å². The fourth-order valence-electron chi connectivity index (χ4n) is 2.67. The van der Waals surface area contributed by atoms with Crippen molar-refractivity contribution in [2.75, 3.05) is 19.8 Å². The molecule has 0 aliphatic rings. The Morgan fingerprint density at radius 3 is 2.29 bits per heavy atom. The van der Waals surface area contributed by atoms with Gasteiger partial charge >= 0.3 is 11.9 Å². The van der Waals surface area contributed by atoms with Crippen molar-refractivity contribution in [2.24, 2.45) is 0 Å². The first-order valence-corrected chi connectivity index (χ1v) is 10.5. The molecule has 0 amide bonds. The molecule has 0 atom stereocenters. The summed E-state index contributed by atoms with van der Waals surface area (Å²) < 4.78 is 22.3. The summed E-state index contributed by atoms with van der Waals surface area (Å²) >= 11 is 3.37. The first-order valence-electron chi connectivity index (χ1n) is 9.67. The van der Waals surface area contributed by atoms with E-state index in [1.165, 1.54) is 6.07 Å². The Morgan fingerprint density at radius 2 is 1.55 bits per heavy atom. The summed E-state index contributed by atoms with van der Waals surface area (Å²) in [6.45, 7) is 2.65. The van der Waals surface area contributed by atoms with E-state index in [4.69, 9.17) is 18.9 Å². The number of carbonyl (C=O) groups is 2. The Hall–Kier alpha value is -3.32. The molecule has 0 aliphatic heterocycles. The van der Waals surface area contributed by atoms with E-state index in [1.54, 1.807) is 36.4 Å². The Morgan fingerprint density at radius 1 is 0.806 bits per heavy atom. The minimum atomic E-state index is -0.604. The number of rotatable bonds is 9. The zero-order chi connectivity index (χ0) is 22.1. The van der Waals surface area contributed by atoms with E-state index in [0.717, 1.165) is 0 Å². The van der Waals surface area contributed by atoms with E-state index >= 15 is 0 Å². The summed E-state index contributed by atoms with van der Waals surface area (Å²) in [5, 5.41) is 0. The van der Waals surface area contributed by atoms with E-state index in [-0.39, 0.29) is 24.5 Å². The highest BCUT2D eigenvalue weighted by Gasteiger charge is 2.18. The highest BCUT2D eigenvalue weighted by atomic mass is 79.9. The quantitative estimate of drug-likeness (QED) is 0.233. The van der Waals surface area contributed by atoms with Gasteiger partial charge in [0.2, 0.25) is 0 Å². The third-order valence-electron chi connectivity index (χ3n) is 4.11. The molecular weight excluding hydrogens is 464 g/mol. The predicted molar refractivity (Wildman–Crippen MR) is 119 cm³/mol. The summed E-state index contributed by atoms with van der Waals surface area (Å²) in [6, 6.07) is 20.5. The van der Waals surface area contributed by atoms with Crippen molar-refractivity contribution in [3.63, 3.8) is 0 Å². The molecule has 31 heavy (non-hydrogen) atoms. The minimum Gasteiger partial charge on any atom is -0.493 e. The Bertz CT molecular complexity index is 1040. The molecule has 0 aliphatic carbocycles. The number of ether oxygens (including phenoxy) is 4. The van der Waals surface area contributed by atoms with Gasteiger partial charge in [0.1, 0.15) is 36.0 Å². The van der Waals surface area contributed by atoms with Crippen LogP contribution < -0.4 is 14.2 Å². The molecule has 0 heterocycles. The van der Waals surface area contributed by atoms with Gasteiger partial charge in [0.25, 0.3) is 0 Å². The number of benzene rings is 3. The number of para-hydroxylation sites is 2. The van der Waals surface area contributed by atoms with Gasteiger partial charge in [0, 0.05) is 0 Å². The first kappa shape index (κ1) is 22.4. The fraction of sp³-hybridized carbons (Fsp3) is 0.167. The second kappa shape index (κ2) is 11.2. The standard InChI is InChI=1S/C24H21BrO6/c1-2-28-22-13-12-17(16-20(22)25)23(26)31-21-11-7-6-10-19(21)24(27)30-15-14-29-18-8-4-3-5-9-18/h3-13,16H,2,14-15H2,1H3. The summed E-state index contributed by atoms with van der Waals surface area (Å²) in [5.41, 5.74) is 0.468. The number of carbonyl (C=O) groups excluding carboxylic acids is 2. The average Bonchev–Trinajstić information content (AvgIpc) is 2.79. The van der Waals surface area contributed by atoms with Crippen molar-refractivity contribution >= 4 is 27.9 Å². The second-order valence-electron chi connectivity index (χ2n) is 6.26. The van der Waals surface area contributed by atoms with Crippen LogP contribution in [0.5, 0.6) is 17.2 Å². The zero-order valence-corrected chi connectivity index (χ0v) is 18.5. The lowest BCUT2D eigenvalue weighted by Crippen LogP contribution is -2.15. The largest absolute Gasteiger partial charge is 0.493 e. The van der Waals surface area contributed by atoms with Crippen LogP contribution in [-0.4, -0.2) is 31.8 Å². The van der Waals surface area contributed by atoms with E-state index in [2.05, 4.69) is 15.9 Å². The maximum absolute atomic E-state index is 12.6. The second-order valence-corrected chi connectivity index (χ2v) is 7.12. The molecule has 3 rings (SSSR count). The van der Waals surface area contributed by atoms with Gasteiger partial charge in [0.15, 0.2) is 0 Å². The van der Waals surface area contributed by atoms with Gasteiger partial charge in [-0.25, -0.2) is 9.59 Å². The van der Waals surface area contributed by atoms with Crippen molar-refractivity contribution < 1.29 is 28.5 Å². The van der Waals surface area contributed by atoms with Crippen LogP contribution in [0.1, 0.15) is 27.6 Å². The van der Waals surface area contributed by atoms with Crippen LogP contribution >= 0.6 is 15.9 Å². The summed E-state index contributed by atoms with van der Waals surface area (Å²) in [4.78, 5) is 25.0. The monoisotopic (exact) mass is 484 g/mol. The van der Waals surface area contributed by atoms with E-state index in [9.17, 15) is 9.59 Å². The van der Waals surface area contributed by atoms with Crippen LogP contribution in [0.4, 0.5) is 0 Å². The highest BCUT2D eigenvalue weighted by Crippen LogP contribution is 2.27. The summed E-state index contributed by atoms with van der Waals surface area (Å²) in [6.07, 6.45) is 0. The number of esters is 2. The van der Waals surface area contributed by atoms with Crippen molar-refractivity contribution in [2.45, 2.75) is 6.92 Å². The van der Waals surface area contributed by atoms with Gasteiger partial charge in [-0.2, -0.15) is 0 Å².